The SMILES string of the molecule is CC1c2nc(C(F)(F)F)cn2CCN1C(=O)CC(N)Cc1cc(F)c(F)cc1F. The average molecular weight is 420 g/mol. The molecule has 0 bridgehead atoms. The van der Waals surface area contributed by atoms with Crippen molar-refractivity contribution in [2.45, 2.75) is 44.6 Å². The Hall–Kier alpha value is -2.56. The first-order chi connectivity index (χ1) is 13.5. The molecular formula is C18H18F6N4O. The lowest BCUT2D eigenvalue weighted by Gasteiger charge is -2.34. The molecule has 3 rings (SSSR count). The Balaban J connectivity index is 1.68. The minimum Gasteiger partial charge on any atom is -0.331 e. The number of carbonyl (C=O) groups excluding carboxylic acids is 1. The zero-order valence-electron chi connectivity index (χ0n) is 15.3. The van der Waals surface area contributed by atoms with E-state index in [1.165, 1.54) is 9.47 Å². The number of hydrogen-bond donors (Lipinski definition) is 1. The van der Waals surface area contributed by atoms with Crippen molar-refractivity contribution in [3.05, 3.63) is 52.9 Å². The number of alkyl halides is 3. The zero-order valence-corrected chi connectivity index (χ0v) is 15.3. The summed E-state index contributed by atoms with van der Waals surface area (Å²) < 4.78 is 80.0. The normalized spacial score (nSPS) is 17.9. The van der Waals surface area contributed by atoms with Crippen molar-refractivity contribution in [3.8, 4) is 0 Å². The number of benzene rings is 1. The fourth-order valence-corrected chi connectivity index (χ4v) is 3.38. The molecule has 1 amide bonds. The summed E-state index contributed by atoms with van der Waals surface area (Å²) in [6.07, 6.45) is -4.12. The number of nitrogens with two attached hydrogens (primary N) is 1. The molecule has 1 aromatic carbocycles. The highest BCUT2D eigenvalue weighted by molar-refractivity contribution is 5.77. The van der Waals surface area contributed by atoms with Crippen molar-refractivity contribution in [2.24, 2.45) is 5.73 Å². The predicted molar refractivity (Wildman–Crippen MR) is 90.0 cm³/mol. The molecule has 2 aromatic rings. The molecule has 2 heterocycles. The van der Waals surface area contributed by atoms with Crippen LogP contribution >= 0.6 is 0 Å². The molecule has 2 unspecified atom stereocenters. The monoisotopic (exact) mass is 420 g/mol. The van der Waals surface area contributed by atoms with E-state index in [4.69, 9.17) is 5.73 Å². The molecule has 158 valence electrons. The first-order valence-electron chi connectivity index (χ1n) is 8.80. The highest BCUT2D eigenvalue weighted by Gasteiger charge is 2.38. The maximum atomic E-state index is 13.7. The number of imidazole rings is 1. The standard InChI is InChI=1S/C18H18F6N4O/c1-9-17-26-15(18(22,23)24)8-27(17)2-3-28(9)16(29)6-11(25)4-10-5-13(20)14(21)7-12(10)19/h5,7-9,11H,2-4,6,25H2,1H3. The minimum atomic E-state index is -4.59. The molecular weight excluding hydrogens is 402 g/mol. The lowest BCUT2D eigenvalue weighted by molar-refractivity contribution is -0.141. The number of carbonyl (C=O) groups is 1. The van der Waals surface area contributed by atoms with Gasteiger partial charge in [-0.25, -0.2) is 18.2 Å². The molecule has 1 aliphatic heterocycles. The third-order valence-corrected chi connectivity index (χ3v) is 4.85. The summed E-state index contributed by atoms with van der Waals surface area (Å²) in [4.78, 5) is 17.5. The molecule has 0 radical (unpaired) electrons. The quantitative estimate of drug-likeness (QED) is 0.611. The van der Waals surface area contributed by atoms with Crippen LogP contribution in [0.2, 0.25) is 0 Å². The topological polar surface area (TPSA) is 64.2 Å². The van der Waals surface area contributed by atoms with Gasteiger partial charge in [0.1, 0.15) is 11.6 Å². The van der Waals surface area contributed by atoms with Crippen LogP contribution in [-0.4, -0.2) is 32.9 Å². The molecule has 0 saturated heterocycles. The van der Waals surface area contributed by atoms with Gasteiger partial charge in [0.2, 0.25) is 5.91 Å². The van der Waals surface area contributed by atoms with Crippen LogP contribution in [0.3, 0.4) is 0 Å². The van der Waals surface area contributed by atoms with Gasteiger partial charge < -0.3 is 15.2 Å². The molecule has 0 spiro atoms. The number of rotatable bonds is 4. The van der Waals surface area contributed by atoms with Gasteiger partial charge in [-0.2, -0.15) is 13.2 Å². The molecule has 0 fully saturated rings. The summed E-state index contributed by atoms with van der Waals surface area (Å²) in [6, 6.07) is -0.501. The molecule has 5 nitrogen and oxygen atoms in total. The Labute approximate surface area is 162 Å². The molecule has 2 atom stereocenters. The summed E-state index contributed by atoms with van der Waals surface area (Å²) in [5, 5.41) is 0. The Morgan fingerprint density at radius 3 is 2.52 bits per heavy atom. The second kappa shape index (κ2) is 7.69. The summed E-state index contributed by atoms with van der Waals surface area (Å²) in [6.45, 7) is 1.85. The number of aromatic nitrogens is 2. The van der Waals surface area contributed by atoms with Gasteiger partial charge in [-0.1, -0.05) is 0 Å². The lowest BCUT2D eigenvalue weighted by Crippen LogP contribution is -2.43. The summed E-state index contributed by atoms with van der Waals surface area (Å²) in [7, 11) is 0. The van der Waals surface area contributed by atoms with E-state index >= 15 is 0 Å². The minimum absolute atomic E-state index is 0.108. The second-order valence-electron chi connectivity index (χ2n) is 6.96. The van der Waals surface area contributed by atoms with Crippen LogP contribution in [0.15, 0.2) is 18.3 Å². The third kappa shape index (κ3) is 4.39. The van der Waals surface area contributed by atoms with Crippen molar-refractivity contribution in [1.29, 1.82) is 0 Å². The lowest BCUT2D eigenvalue weighted by atomic mass is 10.0. The van der Waals surface area contributed by atoms with E-state index in [1.54, 1.807) is 6.92 Å². The first kappa shape index (κ1) is 21.2. The van der Waals surface area contributed by atoms with Crippen LogP contribution in [0.5, 0.6) is 0 Å². The Bertz CT molecular complexity index is 926. The molecule has 29 heavy (non-hydrogen) atoms. The Morgan fingerprint density at radius 1 is 1.21 bits per heavy atom. The van der Waals surface area contributed by atoms with E-state index in [1.807, 2.05) is 0 Å². The summed E-state index contributed by atoms with van der Waals surface area (Å²) >= 11 is 0. The van der Waals surface area contributed by atoms with Crippen LogP contribution in [0.25, 0.3) is 0 Å². The highest BCUT2D eigenvalue weighted by Crippen LogP contribution is 2.32. The zero-order chi connectivity index (χ0) is 21.5. The molecule has 1 aliphatic rings. The number of fused-ring (bicyclic) bond motifs is 1. The van der Waals surface area contributed by atoms with Gasteiger partial charge in [0.15, 0.2) is 17.3 Å². The molecule has 0 saturated carbocycles. The van der Waals surface area contributed by atoms with E-state index in [0.29, 0.717) is 12.1 Å². The number of nitrogens with zero attached hydrogens (tertiary/aromatic N) is 3. The van der Waals surface area contributed by atoms with Crippen molar-refractivity contribution < 1.29 is 31.1 Å². The van der Waals surface area contributed by atoms with E-state index in [-0.39, 0.29) is 37.3 Å². The number of amides is 1. The van der Waals surface area contributed by atoms with Crippen LogP contribution < -0.4 is 5.73 Å². The maximum absolute atomic E-state index is 13.7. The van der Waals surface area contributed by atoms with Gasteiger partial charge in [0.25, 0.3) is 0 Å². The van der Waals surface area contributed by atoms with Crippen molar-refractivity contribution in [2.75, 3.05) is 6.54 Å². The average Bonchev–Trinajstić information content (AvgIpc) is 3.05. The van der Waals surface area contributed by atoms with E-state index in [0.717, 1.165) is 6.20 Å². The smallest absolute Gasteiger partial charge is 0.331 e. The summed E-state index contributed by atoms with van der Waals surface area (Å²) in [5.41, 5.74) is 4.68. The van der Waals surface area contributed by atoms with Crippen molar-refractivity contribution in [1.82, 2.24) is 14.5 Å². The summed E-state index contributed by atoms with van der Waals surface area (Å²) in [5.74, 6) is -3.86. The van der Waals surface area contributed by atoms with Gasteiger partial charge in [-0.05, 0) is 25.0 Å². The molecule has 11 heteroatoms. The molecule has 0 aliphatic carbocycles. The second-order valence-corrected chi connectivity index (χ2v) is 6.96. The van der Waals surface area contributed by atoms with Crippen LogP contribution in [0, 0.1) is 17.5 Å². The number of halogens is 6. The van der Waals surface area contributed by atoms with E-state index < -0.39 is 47.3 Å². The van der Waals surface area contributed by atoms with Gasteiger partial charge in [0.05, 0.1) is 6.04 Å². The van der Waals surface area contributed by atoms with Crippen LogP contribution in [0.4, 0.5) is 26.3 Å². The predicted octanol–water partition coefficient (Wildman–Crippen LogP) is 3.18. The van der Waals surface area contributed by atoms with Gasteiger partial charge in [-0.3, -0.25) is 4.79 Å². The third-order valence-electron chi connectivity index (χ3n) is 4.85. The number of hydrogen-bond acceptors (Lipinski definition) is 3. The first-order valence-corrected chi connectivity index (χ1v) is 8.80. The highest BCUT2D eigenvalue weighted by atomic mass is 19.4. The van der Waals surface area contributed by atoms with E-state index in [9.17, 15) is 31.1 Å². The molecule has 1 aromatic heterocycles. The van der Waals surface area contributed by atoms with Crippen LogP contribution in [-0.2, 0) is 23.9 Å². The van der Waals surface area contributed by atoms with Crippen molar-refractivity contribution in [3.63, 3.8) is 0 Å². The van der Waals surface area contributed by atoms with E-state index in [2.05, 4.69) is 4.98 Å². The maximum Gasteiger partial charge on any atom is 0.434 e. The fourth-order valence-electron chi connectivity index (χ4n) is 3.38. The van der Waals surface area contributed by atoms with Crippen LogP contribution in [0.1, 0.15) is 36.5 Å². The molecule has 2 N–H and O–H groups in total. The van der Waals surface area contributed by atoms with Gasteiger partial charge >= 0.3 is 6.18 Å². The fraction of sp³-hybridized carbons (Fsp3) is 0.444. The Kier molecular flexibility index (Phi) is 5.61. The Morgan fingerprint density at radius 2 is 1.86 bits per heavy atom. The van der Waals surface area contributed by atoms with Gasteiger partial charge in [0, 0.05) is 37.8 Å². The largest absolute Gasteiger partial charge is 0.434 e. The van der Waals surface area contributed by atoms with Crippen molar-refractivity contribution >= 4 is 5.91 Å². The van der Waals surface area contributed by atoms with Gasteiger partial charge in [-0.15, -0.1) is 0 Å².